The molecule has 2 aromatic rings. The highest BCUT2D eigenvalue weighted by atomic mass is 79.9. The van der Waals surface area contributed by atoms with E-state index in [9.17, 15) is 4.79 Å². The number of esters is 1. The summed E-state index contributed by atoms with van der Waals surface area (Å²) in [6, 6.07) is 8.93. The molecule has 96 valence electrons. The van der Waals surface area contributed by atoms with E-state index in [2.05, 4.69) is 37.8 Å². The van der Waals surface area contributed by atoms with Gasteiger partial charge in [0.2, 0.25) is 5.76 Å². The highest BCUT2D eigenvalue weighted by molar-refractivity contribution is 9.11. The van der Waals surface area contributed by atoms with Gasteiger partial charge in [-0.25, -0.2) is 4.79 Å². The Balaban J connectivity index is 2.26. The molecule has 0 N–H and O–H groups in total. The van der Waals surface area contributed by atoms with E-state index in [1.165, 1.54) is 0 Å². The van der Waals surface area contributed by atoms with Crippen molar-refractivity contribution in [3.63, 3.8) is 0 Å². The minimum absolute atomic E-state index is 0.0726. The first-order chi connectivity index (χ1) is 9.11. The monoisotopic (exact) mass is 382 g/mol. The van der Waals surface area contributed by atoms with Crippen LogP contribution in [0, 0.1) is 12.3 Å². The molecule has 5 heteroatoms. The van der Waals surface area contributed by atoms with Gasteiger partial charge in [0.05, 0.1) is 0 Å². The fourth-order valence-electron chi connectivity index (χ4n) is 1.46. The Morgan fingerprint density at radius 1 is 1.32 bits per heavy atom. The minimum Gasteiger partial charge on any atom is -0.449 e. The minimum atomic E-state index is -0.572. The molecule has 0 bridgehead atoms. The second kappa shape index (κ2) is 6.09. The highest BCUT2D eigenvalue weighted by Gasteiger charge is 2.14. The number of furan rings is 1. The molecule has 0 aliphatic heterocycles. The number of terminal acetylenes is 1. The number of hydrogen-bond acceptors (Lipinski definition) is 3. The molecular formula is C14H8Br2O3. The summed E-state index contributed by atoms with van der Waals surface area (Å²) in [5.74, 6) is 2.35. The van der Waals surface area contributed by atoms with Gasteiger partial charge < -0.3 is 9.15 Å². The van der Waals surface area contributed by atoms with Crippen LogP contribution in [0.25, 0.3) is 11.3 Å². The third kappa shape index (κ3) is 3.28. The average Bonchev–Trinajstić information content (AvgIpc) is 2.85. The van der Waals surface area contributed by atoms with E-state index in [0.717, 1.165) is 14.5 Å². The maximum Gasteiger partial charge on any atom is 0.375 e. The van der Waals surface area contributed by atoms with Crippen LogP contribution >= 0.6 is 31.9 Å². The van der Waals surface area contributed by atoms with Crippen LogP contribution in [0.15, 0.2) is 43.7 Å². The summed E-state index contributed by atoms with van der Waals surface area (Å²) in [6.07, 6.45) is 5.02. The van der Waals surface area contributed by atoms with Gasteiger partial charge in [0.15, 0.2) is 6.61 Å². The zero-order valence-corrected chi connectivity index (χ0v) is 12.8. The molecule has 1 heterocycles. The number of hydrogen-bond donors (Lipinski definition) is 0. The van der Waals surface area contributed by atoms with E-state index in [1.54, 1.807) is 12.1 Å². The van der Waals surface area contributed by atoms with Gasteiger partial charge in [0.25, 0.3) is 0 Å². The molecule has 0 unspecified atom stereocenters. The Morgan fingerprint density at radius 3 is 2.79 bits per heavy atom. The lowest BCUT2D eigenvalue weighted by Crippen LogP contribution is -2.03. The molecule has 1 aromatic heterocycles. The van der Waals surface area contributed by atoms with E-state index < -0.39 is 5.97 Å². The van der Waals surface area contributed by atoms with Crippen molar-refractivity contribution in [3.05, 3.63) is 45.0 Å². The lowest BCUT2D eigenvalue weighted by Gasteiger charge is -2.01. The first-order valence-corrected chi connectivity index (χ1v) is 6.86. The Labute approximate surface area is 127 Å². The number of halogens is 2. The van der Waals surface area contributed by atoms with Crippen molar-refractivity contribution in [2.24, 2.45) is 0 Å². The molecule has 0 radical (unpaired) electrons. The van der Waals surface area contributed by atoms with Gasteiger partial charge in [-0.15, -0.1) is 6.42 Å². The van der Waals surface area contributed by atoms with Crippen LogP contribution in [0.4, 0.5) is 0 Å². The fraction of sp³-hybridized carbons (Fsp3) is 0.0714. The largest absolute Gasteiger partial charge is 0.449 e. The van der Waals surface area contributed by atoms with Crippen molar-refractivity contribution in [2.45, 2.75) is 0 Å². The summed E-state index contributed by atoms with van der Waals surface area (Å²) in [5.41, 5.74) is 0.846. The summed E-state index contributed by atoms with van der Waals surface area (Å²) in [6.45, 7) is -0.0726. The van der Waals surface area contributed by atoms with E-state index in [1.807, 2.05) is 18.2 Å². The summed E-state index contributed by atoms with van der Waals surface area (Å²) in [5, 5.41) is 0. The predicted octanol–water partition coefficient (Wildman–Crippen LogP) is 4.26. The predicted molar refractivity (Wildman–Crippen MR) is 78.7 cm³/mol. The number of ether oxygens (including phenoxy) is 1. The van der Waals surface area contributed by atoms with Crippen LogP contribution in [-0.4, -0.2) is 12.6 Å². The van der Waals surface area contributed by atoms with Gasteiger partial charge in [-0.05, 0) is 46.3 Å². The van der Waals surface area contributed by atoms with E-state index in [-0.39, 0.29) is 12.4 Å². The molecule has 0 saturated heterocycles. The van der Waals surface area contributed by atoms with Gasteiger partial charge in [0, 0.05) is 14.5 Å². The summed E-state index contributed by atoms with van der Waals surface area (Å²) in [4.78, 5) is 11.6. The molecule has 0 fully saturated rings. The molecule has 1 aromatic carbocycles. The maximum atomic E-state index is 11.6. The van der Waals surface area contributed by atoms with Gasteiger partial charge in [-0.2, -0.15) is 0 Å². The summed E-state index contributed by atoms with van der Waals surface area (Å²) in [7, 11) is 0. The standard InChI is InChI=1S/C14H8Br2O3/c1-2-7-18-14(17)13-6-5-12(19-13)10-4-3-9(15)8-11(10)16/h1,3-6,8H,7H2. The number of carbonyl (C=O) groups excluding carboxylic acids is 1. The van der Waals surface area contributed by atoms with Gasteiger partial charge >= 0.3 is 5.97 Å². The lowest BCUT2D eigenvalue weighted by atomic mass is 10.2. The Bertz CT molecular complexity index is 653. The zero-order valence-electron chi connectivity index (χ0n) is 9.65. The maximum absolute atomic E-state index is 11.6. The van der Waals surface area contributed by atoms with Crippen LogP contribution in [0.2, 0.25) is 0 Å². The second-order valence-corrected chi connectivity index (χ2v) is 5.34. The van der Waals surface area contributed by atoms with Crippen molar-refractivity contribution >= 4 is 37.8 Å². The molecule has 0 saturated carbocycles. The molecule has 0 atom stereocenters. The van der Waals surface area contributed by atoms with Crippen molar-refractivity contribution in [1.29, 1.82) is 0 Å². The van der Waals surface area contributed by atoms with Crippen LogP contribution in [0.3, 0.4) is 0 Å². The SMILES string of the molecule is C#CCOC(=O)c1ccc(-c2ccc(Br)cc2Br)o1. The molecule has 0 spiro atoms. The topological polar surface area (TPSA) is 39.4 Å². The summed E-state index contributed by atoms with van der Waals surface area (Å²) < 4.78 is 12.1. The van der Waals surface area contributed by atoms with E-state index in [0.29, 0.717) is 5.76 Å². The molecule has 0 amide bonds. The Hall–Kier alpha value is -1.51. The quantitative estimate of drug-likeness (QED) is 0.587. The van der Waals surface area contributed by atoms with Crippen molar-refractivity contribution in [2.75, 3.05) is 6.61 Å². The first kappa shape index (κ1) is 13.9. The molecule has 19 heavy (non-hydrogen) atoms. The van der Waals surface area contributed by atoms with Gasteiger partial charge in [0.1, 0.15) is 5.76 Å². The third-order valence-corrected chi connectivity index (χ3v) is 3.44. The molecule has 2 rings (SSSR count). The zero-order chi connectivity index (χ0) is 13.8. The lowest BCUT2D eigenvalue weighted by molar-refractivity contribution is 0.0521. The summed E-state index contributed by atoms with van der Waals surface area (Å²) >= 11 is 6.81. The molecule has 3 nitrogen and oxygen atoms in total. The van der Waals surface area contributed by atoms with Crippen molar-refractivity contribution in [1.82, 2.24) is 0 Å². The normalized spacial score (nSPS) is 9.95. The number of rotatable bonds is 3. The Kier molecular flexibility index (Phi) is 4.46. The fourth-order valence-corrected chi connectivity index (χ4v) is 2.70. The van der Waals surface area contributed by atoms with Crippen molar-refractivity contribution in [3.8, 4) is 23.7 Å². The van der Waals surface area contributed by atoms with E-state index >= 15 is 0 Å². The van der Waals surface area contributed by atoms with Gasteiger partial charge in [-0.3, -0.25) is 0 Å². The third-order valence-electron chi connectivity index (χ3n) is 2.29. The Morgan fingerprint density at radius 2 is 2.11 bits per heavy atom. The number of carbonyl (C=O) groups is 1. The van der Waals surface area contributed by atoms with Crippen LogP contribution in [0.5, 0.6) is 0 Å². The van der Waals surface area contributed by atoms with Gasteiger partial charge in [-0.1, -0.05) is 21.9 Å². The molecular weight excluding hydrogens is 376 g/mol. The van der Waals surface area contributed by atoms with Crippen LogP contribution in [-0.2, 0) is 4.74 Å². The van der Waals surface area contributed by atoms with Crippen molar-refractivity contribution < 1.29 is 13.9 Å². The smallest absolute Gasteiger partial charge is 0.375 e. The first-order valence-electron chi connectivity index (χ1n) is 5.27. The second-order valence-electron chi connectivity index (χ2n) is 3.57. The van der Waals surface area contributed by atoms with Crippen LogP contribution in [0.1, 0.15) is 10.6 Å². The molecule has 0 aliphatic carbocycles. The van der Waals surface area contributed by atoms with E-state index in [4.69, 9.17) is 15.6 Å². The van der Waals surface area contributed by atoms with Crippen LogP contribution < -0.4 is 0 Å². The molecule has 0 aliphatic rings. The highest BCUT2D eigenvalue weighted by Crippen LogP contribution is 2.32. The number of benzene rings is 1. The average molecular weight is 384 g/mol.